The third kappa shape index (κ3) is 11.5. The van der Waals surface area contributed by atoms with E-state index in [9.17, 15) is 19.8 Å². The Bertz CT molecular complexity index is 1360. The van der Waals surface area contributed by atoms with E-state index in [0.29, 0.717) is 31.7 Å². The Labute approximate surface area is 317 Å². The van der Waals surface area contributed by atoms with Crippen molar-refractivity contribution >= 4 is 25.4 Å². The van der Waals surface area contributed by atoms with Gasteiger partial charge in [0.25, 0.3) is 7.98 Å². The average Bonchev–Trinajstić information content (AvgIpc) is 3.53. The van der Waals surface area contributed by atoms with Crippen LogP contribution >= 0.6 is 0 Å². The first-order valence-electron chi connectivity index (χ1n) is 19.2. The number of carbonyl (C=O) groups excluding carboxylic acids is 2. The first-order chi connectivity index (χ1) is 24.7. The van der Waals surface area contributed by atoms with Gasteiger partial charge in [-0.2, -0.15) is 0 Å². The summed E-state index contributed by atoms with van der Waals surface area (Å²) in [6, 6.07) is 0.130. The first kappa shape index (κ1) is 44.9. The van der Waals surface area contributed by atoms with Crippen molar-refractivity contribution in [2.75, 3.05) is 47.9 Å². The summed E-state index contributed by atoms with van der Waals surface area (Å²) in [6.07, 6.45) is 0.383. The van der Waals surface area contributed by atoms with Gasteiger partial charge in [-0.1, -0.05) is 38.1 Å². The first-order valence-corrected chi connectivity index (χ1v) is 19.2. The monoisotopic (exact) mass is 751 g/mol. The molecule has 2 aliphatic rings. The molecule has 0 bridgehead atoms. The highest BCUT2D eigenvalue weighted by molar-refractivity contribution is 6.05. The van der Waals surface area contributed by atoms with Gasteiger partial charge >= 0.3 is 5.97 Å². The summed E-state index contributed by atoms with van der Waals surface area (Å²) in [5, 5.41) is 36.2. The number of carbonyl (C=O) groups is 2. The molecule has 2 saturated heterocycles. The second-order valence-corrected chi connectivity index (χ2v) is 16.2. The van der Waals surface area contributed by atoms with Crippen LogP contribution in [0, 0.1) is 23.7 Å². The number of likely N-dealkylation sites (N-methyl/N-ethyl adjacent to an activating group) is 2. The summed E-state index contributed by atoms with van der Waals surface area (Å²) < 4.78 is 27.1. The number of methoxy groups -OCH3 is 1. The minimum absolute atomic E-state index is 0.122. The van der Waals surface area contributed by atoms with Crippen molar-refractivity contribution in [3.8, 4) is 0 Å². The van der Waals surface area contributed by atoms with Crippen LogP contribution in [-0.4, -0.2) is 156 Å². The van der Waals surface area contributed by atoms with Gasteiger partial charge in [0.05, 0.1) is 35.3 Å². The normalized spacial score (nSPS) is 37.5. The highest BCUT2D eigenvalue weighted by Gasteiger charge is 2.50. The van der Waals surface area contributed by atoms with Gasteiger partial charge in [0, 0.05) is 63.0 Å². The van der Waals surface area contributed by atoms with E-state index in [-0.39, 0.29) is 30.3 Å². The van der Waals surface area contributed by atoms with E-state index in [1.807, 2.05) is 53.9 Å². The Morgan fingerprint density at radius 2 is 1.77 bits per heavy atom. The number of ketones is 1. The molecular weight excluding hydrogens is 683 g/mol. The summed E-state index contributed by atoms with van der Waals surface area (Å²) >= 11 is 0. The molecule has 0 unspecified atom stereocenters. The zero-order chi connectivity index (χ0) is 39.8. The predicted octanol–water partition coefficient (Wildman–Crippen LogP) is 1.72. The van der Waals surface area contributed by atoms with Crippen molar-refractivity contribution in [2.45, 2.75) is 135 Å². The van der Waals surface area contributed by atoms with Crippen LogP contribution in [0.5, 0.6) is 0 Å². The fraction of sp³-hybridized carbons (Fsp3) is 0.865. The molecule has 12 atom stereocenters. The molecule has 1 aromatic rings. The maximum atomic E-state index is 14.2. The molecule has 1 aromatic heterocycles. The number of esters is 1. The number of aliphatic hydroxyl groups excluding tert-OH is 1. The smallest absolute Gasteiger partial charge is 0.316 e. The van der Waals surface area contributed by atoms with Crippen molar-refractivity contribution in [3.05, 3.63) is 11.9 Å². The largest absolute Gasteiger partial charge is 0.459 e. The number of cyclic esters (lactones) is 1. The van der Waals surface area contributed by atoms with Gasteiger partial charge < -0.3 is 48.4 Å². The number of Topliss-reactive ketones (excluding diaryl/α,β-unsaturated/α-hetero) is 1. The Balaban J connectivity index is 2.02. The van der Waals surface area contributed by atoms with Crippen molar-refractivity contribution in [1.29, 1.82) is 0 Å². The highest BCUT2D eigenvalue weighted by Crippen LogP contribution is 2.38. The van der Waals surface area contributed by atoms with Crippen LogP contribution in [-0.2, 0) is 39.8 Å². The molecule has 0 amide bonds. The van der Waals surface area contributed by atoms with E-state index >= 15 is 0 Å². The van der Waals surface area contributed by atoms with Crippen LogP contribution in [0.15, 0.2) is 11.4 Å². The van der Waals surface area contributed by atoms with Crippen LogP contribution in [0.25, 0.3) is 0 Å². The Hall–Kier alpha value is -2.47. The Morgan fingerprint density at radius 1 is 1.09 bits per heavy atom. The Kier molecular flexibility index (Phi) is 16.5. The van der Waals surface area contributed by atoms with Gasteiger partial charge in [-0.3, -0.25) is 9.59 Å². The number of hydrogen-bond donors (Lipinski definition) is 2. The fourth-order valence-electron chi connectivity index (χ4n) is 7.83. The Morgan fingerprint density at radius 3 is 2.36 bits per heavy atom. The second-order valence-electron chi connectivity index (χ2n) is 16.2. The molecule has 0 saturated carbocycles. The maximum absolute atomic E-state index is 14.2. The molecule has 0 spiro atoms. The molecule has 2 aliphatic heterocycles. The number of ether oxygens (including phenoxy) is 4. The molecule has 2 N–H and O–H groups in total. The fourth-order valence-corrected chi connectivity index (χ4v) is 7.83. The SMILES string of the molecule is Bn1cc(CCN(C)[C@@H]2C[C@H](O[C@@H]3[C@@H](C)C(=O)[C@@H](C)C(=O)O[C@H](CC)[C@@](C)(O)[C@H](O)[C@@H](C)/C(=N/OCCN(C)C)[C@H](C)C[C@@]3(C)OC)O[C@H](C)C2)nn1. The van der Waals surface area contributed by atoms with E-state index in [2.05, 4.69) is 27.4 Å². The number of hydrogen-bond acceptors (Lipinski definition) is 14. The lowest BCUT2D eigenvalue weighted by Gasteiger charge is -2.46. The van der Waals surface area contributed by atoms with Crippen LogP contribution < -0.4 is 0 Å². The third-order valence-electron chi connectivity index (χ3n) is 11.3. The molecule has 0 radical (unpaired) electrons. The van der Waals surface area contributed by atoms with E-state index < -0.39 is 59.5 Å². The second kappa shape index (κ2) is 19.4. The molecule has 16 heteroatoms. The number of aromatic nitrogens is 3. The maximum Gasteiger partial charge on any atom is 0.316 e. The van der Waals surface area contributed by atoms with E-state index in [0.717, 1.165) is 25.1 Å². The quantitative estimate of drug-likeness (QED) is 0.104. The summed E-state index contributed by atoms with van der Waals surface area (Å²) in [7, 11) is 9.37. The summed E-state index contributed by atoms with van der Waals surface area (Å²) in [4.78, 5) is 37.9. The summed E-state index contributed by atoms with van der Waals surface area (Å²) in [6.45, 7) is 15.8. The van der Waals surface area contributed by atoms with Crippen molar-refractivity contribution in [3.63, 3.8) is 0 Å². The van der Waals surface area contributed by atoms with E-state index in [1.165, 1.54) is 13.8 Å². The molecule has 15 nitrogen and oxygen atoms in total. The van der Waals surface area contributed by atoms with Gasteiger partial charge in [0.15, 0.2) is 12.1 Å². The zero-order valence-electron chi connectivity index (χ0n) is 34.4. The lowest BCUT2D eigenvalue weighted by atomic mass is 9.74. The molecular formula is C37H67BN6O9. The number of aliphatic hydroxyl groups is 2. The zero-order valence-corrected chi connectivity index (χ0v) is 34.4. The van der Waals surface area contributed by atoms with Crippen LogP contribution in [0.3, 0.4) is 0 Å². The van der Waals surface area contributed by atoms with E-state index in [4.69, 9.17) is 23.8 Å². The topological polar surface area (TPSA) is 170 Å². The van der Waals surface area contributed by atoms with Gasteiger partial charge in [0.2, 0.25) is 0 Å². The molecule has 53 heavy (non-hydrogen) atoms. The minimum Gasteiger partial charge on any atom is -0.459 e. The van der Waals surface area contributed by atoms with Crippen molar-refractivity contribution < 1.29 is 43.6 Å². The van der Waals surface area contributed by atoms with Crippen molar-refractivity contribution in [2.24, 2.45) is 28.8 Å². The van der Waals surface area contributed by atoms with Gasteiger partial charge in [-0.25, -0.2) is 0 Å². The molecule has 302 valence electrons. The van der Waals surface area contributed by atoms with E-state index in [1.54, 1.807) is 32.5 Å². The van der Waals surface area contributed by atoms with Gasteiger partial charge in [0.1, 0.15) is 24.2 Å². The molecule has 3 heterocycles. The third-order valence-corrected chi connectivity index (χ3v) is 11.3. The lowest BCUT2D eigenvalue weighted by molar-refractivity contribution is -0.262. The molecule has 0 aliphatic carbocycles. The molecule has 3 rings (SSSR count). The minimum atomic E-state index is -1.87. The van der Waals surface area contributed by atoms with Crippen LogP contribution in [0.4, 0.5) is 0 Å². The van der Waals surface area contributed by atoms with Crippen LogP contribution in [0.1, 0.15) is 86.8 Å². The highest BCUT2D eigenvalue weighted by atomic mass is 16.7. The lowest BCUT2D eigenvalue weighted by Crippen LogP contribution is -2.58. The molecule has 0 aromatic carbocycles. The summed E-state index contributed by atoms with van der Waals surface area (Å²) in [5.41, 5.74) is -1.56. The predicted molar refractivity (Wildman–Crippen MR) is 203 cm³/mol. The summed E-state index contributed by atoms with van der Waals surface area (Å²) in [5.74, 6) is -4.27. The number of oxime groups is 1. The molecule has 2 fully saturated rings. The number of rotatable bonds is 12. The van der Waals surface area contributed by atoms with Gasteiger partial charge in [-0.05, 0) is 68.1 Å². The average molecular weight is 751 g/mol. The van der Waals surface area contributed by atoms with Crippen molar-refractivity contribution in [1.82, 2.24) is 24.7 Å². The standard InChI is InChI=1S/C37H67BN6O9/c1-13-29-37(8,48)33(46)24(4)31(40-50-17-16-42(9)10)22(2)20-36(7,49-12)34(25(5)32(45)26(6)35(47)52-29)53-30-19-28(18-23(3)51-30)43(11)15-14-27-21-44(38)41-39-27/h21-26,28-30,33-34,46,48H,13-20,38H2,1-12H3/b40-31+/t22-,23-,24+,25+,26-,28+,29-,30+,33-,34-,36-,37-/m1/s1. The van der Waals surface area contributed by atoms with Gasteiger partial charge in [-0.15, -0.1) is 5.10 Å². The van der Waals surface area contributed by atoms with Crippen LogP contribution in [0.2, 0.25) is 0 Å². The number of nitrogens with zero attached hydrogens (tertiary/aromatic N) is 6.